The molecule has 12 heteroatoms. The maximum absolute atomic E-state index is 13.8. The monoisotopic (exact) mass is 552 g/mol. The lowest BCUT2D eigenvalue weighted by molar-refractivity contribution is -0.181. The number of carbonyl (C=O) groups is 3. The molecule has 39 heavy (non-hydrogen) atoms. The van der Waals surface area contributed by atoms with E-state index in [4.69, 9.17) is 5.73 Å². The van der Waals surface area contributed by atoms with Gasteiger partial charge in [0.25, 0.3) is 0 Å². The van der Waals surface area contributed by atoms with Crippen molar-refractivity contribution in [3.05, 3.63) is 42.1 Å². The average molecular weight is 553 g/mol. The Morgan fingerprint density at radius 2 is 1.82 bits per heavy atom. The number of aliphatic imine (C=N–C) groups is 1. The van der Waals surface area contributed by atoms with Gasteiger partial charge < -0.3 is 21.3 Å². The van der Waals surface area contributed by atoms with Crippen LogP contribution in [0.2, 0.25) is 0 Å². The van der Waals surface area contributed by atoms with Crippen LogP contribution in [0.3, 0.4) is 0 Å². The Bertz CT molecular complexity index is 1080. The highest BCUT2D eigenvalue weighted by molar-refractivity contribution is 6.07. The van der Waals surface area contributed by atoms with E-state index >= 15 is 0 Å². The Hall–Kier alpha value is -3.41. The molecule has 1 aliphatic heterocycles. The van der Waals surface area contributed by atoms with E-state index in [-0.39, 0.29) is 24.0 Å². The second kappa shape index (κ2) is 13.1. The van der Waals surface area contributed by atoms with E-state index in [1.165, 1.54) is 17.9 Å². The highest BCUT2D eigenvalue weighted by Gasteiger charge is 2.46. The largest absolute Gasteiger partial charge is 0.471 e. The third-order valence-electron chi connectivity index (χ3n) is 6.40. The number of alkyl halides is 3. The number of amides is 3. The van der Waals surface area contributed by atoms with Gasteiger partial charge in [-0.25, -0.2) is 4.99 Å². The van der Waals surface area contributed by atoms with Gasteiger partial charge in [-0.05, 0) is 57.4 Å². The molecule has 0 saturated carbocycles. The first-order valence-electron chi connectivity index (χ1n) is 12.8. The number of likely N-dealkylation sites (tertiary alicyclic amines) is 1. The molecule has 2 rings (SSSR count). The van der Waals surface area contributed by atoms with Gasteiger partial charge in [0.1, 0.15) is 11.9 Å². The van der Waals surface area contributed by atoms with E-state index < -0.39 is 48.1 Å². The number of amidine groups is 1. The van der Waals surface area contributed by atoms with Crippen molar-refractivity contribution in [2.45, 2.75) is 71.8 Å². The number of carbonyl (C=O) groups excluding carboxylic acids is 3. The summed E-state index contributed by atoms with van der Waals surface area (Å²) in [5.74, 6) is -3.20. The van der Waals surface area contributed by atoms with Gasteiger partial charge in [-0.15, -0.1) is 0 Å². The molecule has 0 aliphatic carbocycles. The van der Waals surface area contributed by atoms with Gasteiger partial charge >= 0.3 is 12.1 Å². The number of nitrogens with two attached hydrogens (primary N) is 1. The minimum Gasteiger partial charge on any atom is -0.402 e. The summed E-state index contributed by atoms with van der Waals surface area (Å²) in [5.41, 5.74) is 5.60. The third-order valence-corrected chi connectivity index (χ3v) is 6.40. The second-order valence-corrected chi connectivity index (χ2v) is 10.8. The van der Waals surface area contributed by atoms with Crippen molar-refractivity contribution < 1.29 is 27.6 Å². The summed E-state index contributed by atoms with van der Waals surface area (Å²) in [5, 5.41) is 5.61. The van der Waals surface area contributed by atoms with Gasteiger partial charge in [0.15, 0.2) is 0 Å². The zero-order valence-electron chi connectivity index (χ0n) is 23.3. The van der Waals surface area contributed by atoms with Crippen molar-refractivity contribution in [2.24, 2.45) is 16.1 Å². The normalized spacial score (nSPS) is 18.5. The van der Waals surface area contributed by atoms with Crippen LogP contribution in [0.1, 0.15) is 47.5 Å². The molecule has 1 aromatic carbocycles. The molecule has 1 heterocycles. The predicted molar refractivity (Wildman–Crippen MR) is 144 cm³/mol. The van der Waals surface area contributed by atoms with E-state index in [1.54, 1.807) is 65.1 Å². The molecular weight excluding hydrogens is 513 g/mol. The lowest BCUT2D eigenvalue weighted by Gasteiger charge is -2.37. The number of para-hydroxylation sites is 1. The number of nitrogens with one attached hydrogen (secondary N) is 2. The summed E-state index contributed by atoms with van der Waals surface area (Å²) in [6, 6.07) is 6.01. The zero-order valence-corrected chi connectivity index (χ0v) is 23.3. The van der Waals surface area contributed by atoms with Crippen LogP contribution in [0.15, 0.2) is 47.1 Å². The topological polar surface area (TPSA) is 120 Å². The summed E-state index contributed by atoms with van der Waals surface area (Å²) in [6.45, 7) is 8.34. The van der Waals surface area contributed by atoms with Crippen molar-refractivity contribution in [3.8, 4) is 0 Å². The molecule has 3 atom stereocenters. The molecule has 3 amide bonds. The van der Waals surface area contributed by atoms with Crippen molar-refractivity contribution in [2.75, 3.05) is 20.1 Å². The Kier molecular flexibility index (Phi) is 10.7. The number of hydrogen-bond donors (Lipinski definition) is 3. The van der Waals surface area contributed by atoms with Crippen LogP contribution in [-0.4, -0.2) is 77.8 Å². The van der Waals surface area contributed by atoms with Gasteiger partial charge in [0.05, 0.1) is 11.7 Å². The lowest BCUT2D eigenvalue weighted by Crippen LogP contribution is -2.59. The third kappa shape index (κ3) is 8.81. The van der Waals surface area contributed by atoms with E-state index in [2.05, 4.69) is 15.6 Å². The molecular formula is C27H39F3N6O3. The number of allylic oxidation sites excluding steroid dienone is 1. The van der Waals surface area contributed by atoms with Gasteiger partial charge in [-0.2, -0.15) is 13.2 Å². The summed E-state index contributed by atoms with van der Waals surface area (Å²) in [6.07, 6.45) is -3.09. The minimum atomic E-state index is -5.19. The summed E-state index contributed by atoms with van der Waals surface area (Å²) in [7, 11) is 1.62. The maximum Gasteiger partial charge on any atom is 0.471 e. The molecule has 0 bridgehead atoms. The molecule has 0 radical (unpaired) electrons. The Balaban J connectivity index is 2.48. The highest BCUT2D eigenvalue weighted by atomic mass is 19.4. The first-order valence-corrected chi connectivity index (χ1v) is 12.8. The molecule has 9 nitrogen and oxygen atoms in total. The minimum absolute atomic E-state index is 0.151. The van der Waals surface area contributed by atoms with Crippen LogP contribution in [0.4, 0.5) is 18.9 Å². The first-order chi connectivity index (χ1) is 18.1. The maximum atomic E-state index is 13.8. The summed E-state index contributed by atoms with van der Waals surface area (Å²) < 4.78 is 41.3. The molecule has 1 fully saturated rings. The van der Waals surface area contributed by atoms with Crippen molar-refractivity contribution in [1.29, 1.82) is 0 Å². The summed E-state index contributed by atoms with van der Waals surface area (Å²) >= 11 is 0. The van der Waals surface area contributed by atoms with E-state index in [1.807, 2.05) is 0 Å². The van der Waals surface area contributed by atoms with Gasteiger partial charge in [0, 0.05) is 24.8 Å². The summed E-state index contributed by atoms with van der Waals surface area (Å²) in [4.78, 5) is 45.3. The molecule has 1 aromatic rings. The number of hydrogen-bond acceptors (Lipinski definition) is 6. The van der Waals surface area contributed by atoms with Crippen molar-refractivity contribution in [1.82, 2.24) is 20.4 Å². The van der Waals surface area contributed by atoms with Gasteiger partial charge in [0.2, 0.25) is 11.8 Å². The van der Waals surface area contributed by atoms with Crippen molar-refractivity contribution in [3.63, 3.8) is 0 Å². The standard InChI is InChI=1S/C27H39F3N6O3/c1-17(31)15-21(33-19-11-8-7-9-12-19)36(25(39)27(28,29)30)16-20-13-10-14-35(20)24(38)22(26(3,4)5)34-23(37)18(2)32-6/h7-9,11-12,15,18,20,22,32H,10,13-14,16,31H2,1-6H3,(H,34,37)/t18-,20-,22+/m0/s1. The van der Waals surface area contributed by atoms with Crippen LogP contribution in [0.25, 0.3) is 0 Å². The zero-order chi connectivity index (χ0) is 29.5. The van der Waals surface area contributed by atoms with Crippen LogP contribution in [0, 0.1) is 5.41 Å². The number of benzene rings is 1. The smallest absolute Gasteiger partial charge is 0.402 e. The van der Waals surface area contributed by atoms with Gasteiger partial charge in [-0.1, -0.05) is 39.0 Å². The predicted octanol–water partition coefficient (Wildman–Crippen LogP) is 3.10. The number of rotatable bonds is 8. The fourth-order valence-corrected chi connectivity index (χ4v) is 4.18. The SMILES string of the molecule is CN[C@@H](C)C(=O)N[C@H](C(=O)N1CCC[C@H]1CN(C(=O)C(F)(F)F)C(C=C(C)N)=Nc1ccccc1)C(C)(C)C. The molecule has 4 N–H and O–H groups in total. The molecule has 0 spiro atoms. The Morgan fingerprint density at radius 1 is 1.21 bits per heavy atom. The number of likely N-dealkylation sites (N-methyl/N-ethyl adjacent to an activating group) is 1. The fourth-order valence-electron chi connectivity index (χ4n) is 4.18. The fraction of sp³-hybridized carbons (Fsp3) is 0.556. The quantitative estimate of drug-likeness (QED) is 0.338. The Labute approximate surface area is 227 Å². The average Bonchev–Trinajstić information content (AvgIpc) is 3.31. The molecule has 216 valence electrons. The van der Waals surface area contributed by atoms with Crippen molar-refractivity contribution >= 4 is 29.2 Å². The second-order valence-electron chi connectivity index (χ2n) is 10.8. The first kappa shape index (κ1) is 31.8. The van der Waals surface area contributed by atoms with E-state index in [9.17, 15) is 27.6 Å². The molecule has 0 unspecified atom stereocenters. The van der Waals surface area contributed by atoms with Crippen LogP contribution < -0.4 is 16.4 Å². The van der Waals surface area contributed by atoms with Crippen LogP contribution >= 0.6 is 0 Å². The molecule has 1 saturated heterocycles. The Morgan fingerprint density at radius 3 is 2.33 bits per heavy atom. The van der Waals surface area contributed by atoms with Crippen LogP contribution in [-0.2, 0) is 14.4 Å². The molecule has 1 aliphatic rings. The lowest BCUT2D eigenvalue weighted by atomic mass is 9.85. The highest BCUT2D eigenvalue weighted by Crippen LogP contribution is 2.28. The number of nitrogens with zero attached hydrogens (tertiary/aromatic N) is 3. The van der Waals surface area contributed by atoms with Gasteiger partial charge in [-0.3, -0.25) is 19.3 Å². The number of halogens is 3. The van der Waals surface area contributed by atoms with E-state index in [0.29, 0.717) is 23.4 Å². The molecule has 0 aromatic heterocycles. The van der Waals surface area contributed by atoms with Crippen LogP contribution in [0.5, 0.6) is 0 Å². The van der Waals surface area contributed by atoms with E-state index in [0.717, 1.165) is 0 Å².